The number of hydrogen-bond acceptors (Lipinski definition) is 2. The fourth-order valence-electron chi connectivity index (χ4n) is 4.73. The van der Waals surface area contributed by atoms with Gasteiger partial charge in [0.1, 0.15) is 8.98 Å². The first-order valence-electron chi connectivity index (χ1n) is 9.52. The molecular formula is C20H26Cl4N2O2. The van der Waals surface area contributed by atoms with Crippen molar-refractivity contribution in [2.75, 3.05) is 26.2 Å². The SMILES string of the molecule is CC1(C)[C@@H](C=C(Cl)Cl)[C@@H]1C(=O)N1CCN(C(=O)[C@H]2[C@H](C=C(Cl)Cl)C2(C)C)CC1. The van der Waals surface area contributed by atoms with Crippen LogP contribution in [0.4, 0.5) is 0 Å². The zero-order chi connectivity index (χ0) is 21.0. The van der Waals surface area contributed by atoms with Gasteiger partial charge in [-0.1, -0.05) is 74.1 Å². The van der Waals surface area contributed by atoms with Crippen LogP contribution in [-0.4, -0.2) is 47.8 Å². The van der Waals surface area contributed by atoms with Crippen molar-refractivity contribution in [3.05, 3.63) is 21.1 Å². The van der Waals surface area contributed by atoms with Crippen molar-refractivity contribution < 1.29 is 9.59 Å². The summed E-state index contributed by atoms with van der Waals surface area (Å²) in [6.45, 7) is 10.4. The van der Waals surface area contributed by atoms with Crippen molar-refractivity contribution >= 4 is 58.2 Å². The van der Waals surface area contributed by atoms with Gasteiger partial charge in [-0.3, -0.25) is 9.59 Å². The highest BCUT2D eigenvalue weighted by atomic mass is 35.5. The minimum Gasteiger partial charge on any atom is -0.339 e. The third-order valence-electron chi connectivity index (χ3n) is 6.87. The lowest BCUT2D eigenvalue weighted by molar-refractivity contribution is -0.142. The molecule has 0 radical (unpaired) electrons. The summed E-state index contributed by atoms with van der Waals surface area (Å²) in [6.07, 6.45) is 3.52. The van der Waals surface area contributed by atoms with E-state index < -0.39 is 0 Å². The normalized spacial score (nSPS) is 32.4. The maximum Gasteiger partial charge on any atom is 0.226 e. The molecule has 3 aliphatic rings. The minimum atomic E-state index is -0.141. The number of hydrogen-bond donors (Lipinski definition) is 0. The zero-order valence-electron chi connectivity index (χ0n) is 16.5. The Bertz CT molecular complexity index is 668. The van der Waals surface area contributed by atoms with Crippen LogP contribution in [0.5, 0.6) is 0 Å². The maximum absolute atomic E-state index is 12.9. The van der Waals surface area contributed by atoms with E-state index in [9.17, 15) is 9.59 Å². The van der Waals surface area contributed by atoms with Crippen molar-refractivity contribution in [1.29, 1.82) is 0 Å². The highest BCUT2D eigenvalue weighted by molar-refractivity contribution is 6.56. The topological polar surface area (TPSA) is 40.6 Å². The van der Waals surface area contributed by atoms with Gasteiger partial charge in [0.15, 0.2) is 0 Å². The van der Waals surface area contributed by atoms with Crippen LogP contribution in [-0.2, 0) is 9.59 Å². The molecule has 3 fully saturated rings. The third-order valence-corrected chi connectivity index (χ3v) is 7.37. The van der Waals surface area contributed by atoms with Crippen molar-refractivity contribution in [2.24, 2.45) is 34.5 Å². The lowest BCUT2D eigenvalue weighted by Crippen LogP contribution is -2.52. The quantitative estimate of drug-likeness (QED) is 0.593. The number of nitrogens with zero attached hydrogens (tertiary/aromatic N) is 2. The van der Waals surface area contributed by atoms with E-state index in [0.29, 0.717) is 26.2 Å². The van der Waals surface area contributed by atoms with Crippen molar-refractivity contribution in [2.45, 2.75) is 27.7 Å². The second-order valence-electron chi connectivity index (χ2n) is 9.21. The van der Waals surface area contributed by atoms with Crippen molar-refractivity contribution in [3.8, 4) is 0 Å². The Morgan fingerprint density at radius 3 is 1.25 bits per heavy atom. The molecule has 0 spiro atoms. The lowest BCUT2D eigenvalue weighted by atomic mass is 10.1. The Labute approximate surface area is 186 Å². The van der Waals surface area contributed by atoms with Gasteiger partial charge >= 0.3 is 0 Å². The van der Waals surface area contributed by atoms with E-state index >= 15 is 0 Å². The van der Waals surface area contributed by atoms with Gasteiger partial charge in [-0.05, 0) is 34.8 Å². The number of allylic oxidation sites excluding steroid dienone is 2. The first-order valence-corrected chi connectivity index (χ1v) is 11.0. The van der Waals surface area contributed by atoms with Gasteiger partial charge in [0, 0.05) is 26.2 Å². The van der Waals surface area contributed by atoms with Crippen LogP contribution >= 0.6 is 46.4 Å². The van der Waals surface area contributed by atoms with Gasteiger partial charge in [-0.2, -0.15) is 0 Å². The Kier molecular flexibility index (Phi) is 6.11. The standard InChI is InChI=1S/C20H26Cl4N2O2/c1-19(2)11(9-13(21)22)15(19)17(27)25-5-7-26(8-6-25)18(28)16-12(10-14(23)24)20(16,3)4/h9-12,15-16H,5-8H2,1-4H3/t11-,12-,15+,16+/m0/s1. The second kappa shape index (κ2) is 7.68. The van der Waals surface area contributed by atoms with E-state index in [0.717, 1.165) is 0 Å². The van der Waals surface area contributed by atoms with E-state index in [2.05, 4.69) is 27.7 Å². The molecule has 1 heterocycles. The third kappa shape index (κ3) is 4.08. The Balaban J connectivity index is 1.57. The van der Waals surface area contributed by atoms with E-state index in [1.54, 1.807) is 12.2 Å². The fraction of sp³-hybridized carbons (Fsp3) is 0.700. The molecule has 0 aromatic carbocycles. The van der Waals surface area contributed by atoms with Crippen LogP contribution in [0, 0.1) is 34.5 Å². The molecule has 4 atom stereocenters. The highest BCUT2D eigenvalue weighted by Gasteiger charge is 2.63. The molecule has 1 aliphatic heterocycles. The highest BCUT2D eigenvalue weighted by Crippen LogP contribution is 2.61. The Morgan fingerprint density at radius 1 is 0.714 bits per heavy atom. The summed E-state index contributed by atoms with van der Waals surface area (Å²) in [6, 6.07) is 0. The molecule has 1 saturated heterocycles. The molecule has 0 unspecified atom stereocenters. The molecule has 0 bridgehead atoms. The van der Waals surface area contributed by atoms with Crippen LogP contribution in [0.15, 0.2) is 21.1 Å². The molecule has 28 heavy (non-hydrogen) atoms. The van der Waals surface area contributed by atoms with E-state index in [1.165, 1.54) is 0 Å². The second-order valence-corrected chi connectivity index (χ2v) is 11.2. The van der Waals surface area contributed by atoms with E-state index in [4.69, 9.17) is 46.4 Å². The molecule has 0 N–H and O–H groups in total. The number of rotatable bonds is 4. The molecule has 0 aromatic heterocycles. The predicted molar refractivity (Wildman–Crippen MR) is 114 cm³/mol. The van der Waals surface area contributed by atoms with E-state index in [1.807, 2.05) is 9.80 Å². The molecule has 0 aromatic rings. The van der Waals surface area contributed by atoms with Gasteiger partial charge in [-0.15, -0.1) is 0 Å². The Morgan fingerprint density at radius 2 is 1.00 bits per heavy atom. The number of halogens is 4. The summed E-state index contributed by atoms with van der Waals surface area (Å²) < 4.78 is 0.410. The number of amides is 2. The lowest BCUT2D eigenvalue weighted by Gasteiger charge is -2.35. The molecule has 8 heteroatoms. The van der Waals surface area contributed by atoms with Gasteiger partial charge in [0.05, 0.1) is 11.8 Å². The van der Waals surface area contributed by atoms with Crippen LogP contribution < -0.4 is 0 Å². The van der Waals surface area contributed by atoms with Gasteiger partial charge in [0.25, 0.3) is 0 Å². The van der Waals surface area contributed by atoms with Crippen LogP contribution in [0.1, 0.15) is 27.7 Å². The predicted octanol–water partition coefficient (Wildman–Crippen LogP) is 4.84. The zero-order valence-corrected chi connectivity index (χ0v) is 19.5. The maximum atomic E-state index is 12.9. The molecule has 4 nitrogen and oxygen atoms in total. The molecule has 156 valence electrons. The summed E-state index contributed by atoms with van der Waals surface area (Å²) in [4.78, 5) is 29.6. The summed E-state index contributed by atoms with van der Waals surface area (Å²) in [7, 11) is 0. The van der Waals surface area contributed by atoms with Crippen LogP contribution in [0.25, 0.3) is 0 Å². The van der Waals surface area contributed by atoms with Crippen LogP contribution in [0.2, 0.25) is 0 Å². The minimum absolute atomic E-state index is 0.0600. The average molecular weight is 468 g/mol. The summed E-state index contributed by atoms with van der Waals surface area (Å²) in [5, 5.41) is 0. The fourth-order valence-corrected chi connectivity index (χ4v) is 5.28. The number of carbonyl (C=O) groups excluding carboxylic acids is 2. The average Bonchev–Trinajstić information content (AvgIpc) is 3.33. The Hall–Kier alpha value is -0.420. The van der Waals surface area contributed by atoms with Gasteiger partial charge < -0.3 is 9.80 Å². The summed E-state index contributed by atoms with van der Waals surface area (Å²) in [5.74, 6) is 0.147. The molecule has 3 rings (SSSR count). The summed E-state index contributed by atoms with van der Waals surface area (Å²) >= 11 is 23.2. The molecule has 2 amide bonds. The number of piperazine rings is 1. The molecule has 2 aliphatic carbocycles. The number of carbonyl (C=O) groups is 2. The smallest absolute Gasteiger partial charge is 0.226 e. The van der Waals surface area contributed by atoms with Gasteiger partial charge in [0.2, 0.25) is 11.8 Å². The first kappa shape index (κ1) is 22.3. The summed E-state index contributed by atoms with van der Waals surface area (Å²) in [5.41, 5.74) is -0.283. The first-order chi connectivity index (χ1) is 12.9. The van der Waals surface area contributed by atoms with Gasteiger partial charge in [-0.25, -0.2) is 0 Å². The molecular weight excluding hydrogens is 442 g/mol. The van der Waals surface area contributed by atoms with Crippen LogP contribution in [0.3, 0.4) is 0 Å². The van der Waals surface area contributed by atoms with E-state index in [-0.39, 0.29) is 55.3 Å². The largest absolute Gasteiger partial charge is 0.339 e. The van der Waals surface area contributed by atoms with Crippen molar-refractivity contribution in [3.63, 3.8) is 0 Å². The van der Waals surface area contributed by atoms with Crippen molar-refractivity contribution in [1.82, 2.24) is 9.80 Å². The monoisotopic (exact) mass is 466 g/mol. The molecule has 2 saturated carbocycles.